The van der Waals surface area contributed by atoms with Crippen molar-refractivity contribution >= 4 is 49.1 Å². The van der Waals surface area contributed by atoms with E-state index in [1.54, 1.807) is 0 Å². The summed E-state index contributed by atoms with van der Waals surface area (Å²) in [5.41, 5.74) is 0.396. The molecule has 1 N–H and O–H groups in total. The fourth-order valence-corrected chi connectivity index (χ4v) is 4.61. The average molecular weight is 383 g/mol. The van der Waals surface area contributed by atoms with Crippen molar-refractivity contribution in [1.82, 2.24) is 5.32 Å². The molecule has 0 saturated carbocycles. The summed E-state index contributed by atoms with van der Waals surface area (Å²) in [6.45, 7) is 4.72. The van der Waals surface area contributed by atoms with Crippen molar-refractivity contribution in [3.8, 4) is 0 Å². The van der Waals surface area contributed by atoms with Crippen molar-refractivity contribution in [2.45, 2.75) is 31.9 Å². The smallest absolute Gasteiger partial charge is 0.253 e. The minimum Gasteiger partial charge on any atom is -0.376 e. The number of carbonyl (C=O) groups is 1. The van der Waals surface area contributed by atoms with Crippen LogP contribution in [0.3, 0.4) is 0 Å². The second-order valence-corrected chi connectivity index (χ2v) is 8.12. The summed E-state index contributed by atoms with van der Waals surface area (Å²) in [7, 11) is 0. The molecule has 0 bridgehead atoms. The Morgan fingerprint density at radius 2 is 2.35 bits per heavy atom. The lowest BCUT2D eigenvalue weighted by molar-refractivity contribution is 0.0727. The highest BCUT2D eigenvalue weighted by Crippen LogP contribution is 2.33. The summed E-state index contributed by atoms with van der Waals surface area (Å²) in [6.07, 6.45) is 0.898. The lowest BCUT2D eigenvalue weighted by Crippen LogP contribution is -2.50. The van der Waals surface area contributed by atoms with E-state index in [1.807, 2.05) is 19.9 Å². The molecule has 2 heterocycles. The van der Waals surface area contributed by atoms with E-state index in [4.69, 9.17) is 4.74 Å². The molecule has 6 heteroatoms. The molecule has 1 amide bonds. The molecule has 3 nitrogen and oxygen atoms in total. The fraction of sp³-hybridized carbons (Fsp3) is 0.545. The molecule has 0 radical (unpaired) electrons. The highest BCUT2D eigenvalue weighted by molar-refractivity contribution is 9.12. The van der Waals surface area contributed by atoms with Gasteiger partial charge in [-0.2, -0.15) is 0 Å². The van der Waals surface area contributed by atoms with Crippen LogP contribution in [0.25, 0.3) is 0 Å². The summed E-state index contributed by atoms with van der Waals surface area (Å²) in [4.78, 5) is 12.2. The molecular weight excluding hydrogens is 370 g/mol. The van der Waals surface area contributed by atoms with E-state index in [0.717, 1.165) is 14.0 Å². The Morgan fingerprint density at radius 3 is 2.82 bits per heavy atom. The largest absolute Gasteiger partial charge is 0.376 e. The maximum absolute atomic E-state index is 12.2. The van der Waals surface area contributed by atoms with Gasteiger partial charge in [-0.1, -0.05) is 0 Å². The van der Waals surface area contributed by atoms with Crippen molar-refractivity contribution in [2.24, 2.45) is 0 Å². The molecule has 1 saturated heterocycles. The molecule has 17 heavy (non-hydrogen) atoms. The Kier molecular flexibility index (Phi) is 3.97. The minimum atomic E-state index is -0.273. The number of nitrogens with one attached hydrogen (secondary N) is 1. The number of carbonyl (C=O) groups excluding carboxylic acids is 1. The van der Waals surface area contributed by atoms with Crippen LogP contribution in [0, 0.1) is 0 Å². The minimum absolute atomic E-state index is 0.0484. The second-order valence-electron chi connectivity index (χ2n) is 4.37. The van der Waals surface area contributed by atoms with Crippen molar-refractivity contribution < 1.29 is 9.53 Å². The van der Waals surface area contributed by atoms with Gasteiger partial charge < -0.3 is 10.1 Å². The number of amides is 1. The third-order valence-corrected chi connectivity index (χ3v) is 5.53. The predicted octanol–water partition coefficient (Wildman–Crippen LogP) is 3.57. The van der Waals surface area contributed by atoms with Crippen LogP contribution < -0.4 is 5.32 Å². The molecular formula is C11H13Br2NO2S. The summed E-state index contributed by atoms with van der Waals surface area (Å²) in [5.74, 6) is -0.0568. The maximum Gasteiger partial charge on any atom is 0.253 e. The van der Waals surface area contributed by atoms with Crippen LogP contribution in [-0.2, 0) is 4.74 Å². The predicted molar refractivity (Wildman–Crippen MR) is 75.6 cm³/mol. The first kappa shape index (κ1) is 13.5. The van der Waals surface area contributed by atoms with Gasteiger partial charge in [0.1, 0.15) is 0 Å². The first-order valence-corrected chi connectivity index (χ1v) is 7.71. The zero-order valence-corrected chi connectivity index (χ0v) is 13.5. The third-order valence-electron chi connectivity index (χ3n) is 3.19. The Labute approximate surface area is 121 Å². The van der Waals surface area contributed by atoms with Crippen LogP contribution in [-0.4, -0.2) is 24.2 Å². The van der Waals surface area contributed by atoms with Crippen LogP contribution in [0.1, 0.15) is 30.6 Å². The molecule has 1 aromatic rings. The van der Waals surface area contributed by atoms with E-state index in [0.29, 0.717) is 12.2 Å². The molecule has 1 fully saturated rings. The normalized spacial score (nSPS) is 28.4. The Balaban J connectivity index is 2.14. The highest BCUT2D eigenvalue weighted by Gasteiger charge is 2.38. The molecule has 1 aliphatic rings. The molecule has 2 unspecified atom stereocenters. The topological polar surface area (TPSA) is 38.3 Å². The van der Waals surface area contributed by atoms with Gasteiger partial charge in [0.2, 0.25) is 0 Å². The van der Waals surface area contributed by atoms with E-state index in [-0.39, 0.29) is 17.6 Å². The van der Waals surface area contributed by atoms with Gasteiger partial charge in [-0.05, 0) is 58.2 Å². The molecule has 1 aliphatic heterocycles. The van der Waals surface area contributed by atoms with Gasteiger partial charge in [0, 0.05) is 6.61 Å². The molecule has 2 atom stereocenters. The van der Waals surface area contributed by atoms with Gasteiger partial charge in [-0.15, -0.1) is 11.3 Å². The van der Waals surface area contributed by atoms with Crippen LogP contribution in [0.4, 0.5) is 0 Å². The van der Waals surface area contributed by atoms with Crippen molar-refractivity contribution in [3.63, 3.8) is 0 Å². The van der Waals surface area contributed by atoms with Crippen LogP contribution >= 0.6 is 43.2 Å². The maximum atomic E-state index is 12.2. The summed E-state index contributed by atoms with van der Waals surface area (Å²) >= 11 is 8.27. The Hall–Kier alpha value is 0.0900. The number of hydrogen-bond acceptors (Lipinski definition) is 3. The number of hydrogen-bond donors (Lipinski definition) is 1. The highest BCUT2D eigenvalue weighted by atomic mass is 79.9. The quantitative estimate of drug-likeness (QED) is 0.848. The average Bonchev–Trinajstić information content (AvgIpc) is 2.72. The zero-order chi connectivity index (χ0) is 12.6. The standard InChI is InChI=1S/C11H13Br2NO2S/c1-6-11(2,3-4-16-6)14-10(15)7-5-8(12)17-9(7)13/h5-6H,3-4H2,1-2H3,(H,14,15). The van der Waals surface area contributed by atoms with Gasteiger partial charge in [0.05, 0.1) is 24.8 Å². The molecule has 0 aromatic carbocycles. The van der Waals surface area contributed by atoms with Crippen molar-refractivity contribution in [3.05, 3.63) is 19.2 Å². The van der Waals surface area contributed by atoms with Crippen LogP contribution in [0.15, 0.2) is 13.6 Å². The van der Waals surface area contributed by atoms with E-state index in [2.05, 4.69) is 37.2 Å². The number of thiophene rings is 1. The molecule has 0 aliphatic carbocycles. The summed E-state index contributed by atoms with van der Waals surface area (Å²) < 4.78 is 7.29. The number of halogens is 2. The second kappa shape index (κ2) is 4.99. The monoisotopic (exact) mass is 381 g/mol. The fourth-order valence-electron chi connectivity index (χ4n) is 1.82. The first-order valence-electron chi connectivity index (χ1n) is 5.31. The third kappa shape index (κ3) is 2.75. The summed E-state index contributed by atoms with van der Waals surface area (Å²) in [5, 5.41) is 3.07. The molecule has 1 aromatic heterocycles. The van der Waals surface area contributed by atoms with E-state index in [1.165, 1.54) is 11.3 Å². The van der Waals surface area contributed by atoms with Crippen molar-refractivity contribution in [1.29, 1.82) is 0 Å². The van der Waals surface area contributed by atoms with E-state index < -0.39 is 0 Å². The van der Waals surface area contributed by atoms with Gasteiger partial charge in [0.25, 0.3) is 5.91 Å². The first-order chi connectivity index (χ1) is 7.92. The molecule has 0 spiro atoms. The van der Waals surface area contributed by atoms with Crippen molar-refractivity contribution in [2.75, 3.05) is 6.61 Å². The van der Waals surface area contributed by atoms with E-state index in [9.17, 15) is 4.79 Å². The van der Waals surface area contributed by atoms with Gasteiger partial charge in [-0.25, -0.2) is 0 Å². The van der Waals surface area contributed by atoms with Crippen LogP contribution in [0.2, 0.25) is 0 Å². The zero-order valence-electron chi connectivity index (χ0n) is 9.55. The van der Waals surface area contributed by atoms with Gasteiger partial charge in [-0.3, -0.25) is 4.79 Å². The van der Waals surface area contributed by atoms with Crippen LogP contribution in [0.5, 0.6) is 0 Å². The summed E-state index contributed by atoms with van der Waals surface area (Å²) in [6, 6.07) is 1.83. The van der Waals surface area contributed by atoms with E-state index >= 15 is 0 Å². The molecule has 2 rings (SSSR count). The number of ether oxygens (including phenoxy) is 1. The SMILES string of the molecule is CC1OCCC1(C)NC(=O)c1cc(Br)sc1Br. The lowest BCUT2D eigenvalue weighted by Gasteiger charge is -2.28. The van der Waals surface area contributed by atoms with Gasteiger partial charge in [0.15, 0.2) is 0 Å². The number of rotatable bonds is 2. The molecule has 94 valence electrons. The Bertz CT molecular complexity index is 449. The van der Waals surface area contributed by atoms with Gasteiger partial charge >= 0.3 is 0 Å². The Morgan fingerprint density at radius 1 is 1.65 bits per heavy atom. The lowest BCUT2D eigenvalue weighted by atomic mass is 9.94.